The van der Waals surface area contributed by atoms with Crippen LogP contribution in [0, 0.1) is 0 Å². The molecular weight excluding hydrogens is 266 g/mol. The Morgan fingerprint density at radius 3 is 2.40 bits per heavy atom. The number of anilines is 1. The Hall–Kier alpha value is -1.55. The van der Waals surface area contributed by atoms with Crippen LogP contribution in [0.3, 0.4) is 0 Å². The summed E-state index contributed by atoms with van der Waals surface area (Å²) in [5.41, 5.74) is 1.54. The quantitative estimate of drug-likeness (QED) is 0.848. The minimum Gasteiger partial charge on any atom is -0.370 e. The van der Waals surface area contributed by atoms with Crippen LogP contribution < -0.4 is 5.32 Å². The van der Waals surface area contributed by atoms with E-state index in [0.29, 0.717) is 0 Å². The second-order valence-corrected chi connectivity index (χ2v) is 6.74. The van der Waals surface area contributed by atoms with Gasteiger partial charge in [0, 0.05) is 17.5 Å². The van der Waals surface area contributed by atoms with E-state index in [1.807, 2.05) is 6.07 Å². The summed E-state index contributed by atoms with van der Waals surface area (Å²) in [5, 5.41) is 4.16. The number of nitrogens with one attached hydrogen (secondary N) is 1. The lowest BCUT2D eigenvalue weighted by Crippen LogP contribution is -2.10. The maximum absolute atomic E-state index is 4.30. The van der Waals surface area contributed by atoms with Crippen molar-refractivity contribution in [1.82, 2.24) is 9.97 Å². The van der Waals surface area contributed by atoms with Gasteiger partial charge in [-0.05, 0) is 30.0 Å². The van der Waals surface area contributed by atoms with E-state index in [1.165, 1.54) is 10.5 Å². The van der Waals surface area contributed by atoms with Crippen molar-refractivity contribution in [2.75, 3.05) is 11.9 Å². The van der Waals surface area contributed by atoms with Gasteiger partial charge in [0.15, 0.2) is 0 Å². The van der Waals surface area contributed by atoms with E-state index in [1.54, 1.807) is 18.1 Å². The van der Waals surface area contributed by atoms with E-state index in [2.05, 4.69) is 67.2 Å². The number of hydrogen-bond acceptors (Lipinski definition) is 4. The molecule has 0 aliphatic rings. The van der Waals surface area contributed by atoms with Gasteiger partial charge >= 0.3 is 0 Å². The minimum absolute atomic E-state index is 0.191. The molecule has 0 radical (unpaired) electrons. The van der Waals surface area contributed by atoms with Crippen molar-refractivity contribution in [2.24, 2.45) is 0 Å². The number of hydrogen-bond donors (Lipinski definition) is 1. The lowest BCUT2D eigenvalue weighted by Gasteiger charge is -2.19. The topological polar surface area (TPSA) is 37.8 Å². The van der Waals surface area contributed by atoms with E-state index >= 15 is 0 Å². The zero-order valence-electron chi connectivity index (χ0n) is 12.5. The second-order valence-electron chi connectivity index (χ2n) is 5.65. The first-order valence-electron chi connectivity index (χ1n) is 6.83. The van der Waals surface area contributed by atoms with Crippen molar-refractivity contribution in [3.8, 4) is 0 Å². The summed E-state index contributed by atoms with van der Waals surface area (Å²) < 4.78 is 0. The molecule has 1 aromatic carbocycles. The summed E-state index contributed by atoms with van der Waals surface area (Å²) in [6.07, 6.45) is 1.60. The highest BCUT2D eigenvalue weighted by Crippen LogP contribution is 2.29. The molecule has 1 N–H and O–H groups in total. The van der Waals surface area contributed by atoms with Gasteiger partial charge in [0.25, 0.3) is 0 Å². The molecule has 0 spiro atoms. The van der Waals surface area contributed by atoms with Crippen LogP contribution in [0.25, 0.3) is 0 Å². The fraction of sp³-hybridized carbons (Fsp3) is 0.375. The average molecular weight is 287 g/mol. The predicted molar refractivity (Wildman–Crippen MR) is 85.5 cm³/mol. The van der Waals surface area contributed by atoms with Crippen molar-refractivity contribution in [2.45, 2.75) is 43.0 Å². The van der Waals surface area contributed by atoms with Gasteiger partial charge in [-0.15, -0.1) is 0 Å². The summed E-state index contributed by atoms with van der Waals surface area (Å²) in [7, 11) is 0. The third-order valence-electron chi connectivity index (χ3n) is 2.94. The Labute approximate surface area is 125 Å². The number of nitrogens with zero attached hydrogens (tertiary/aromatic N) is 2. The molecule has 2 aromatic rings. The number of aromatic nitrogens is 2. The van der Waals surface area contributed by atoms with Crippen molar-refractivity contribution in [3.63, 3.8) is 0 Å². The van der Waals surface area contributed by atoms with Crippen LogP contribution >= 0.6 is 11.8 Å². The lowest BCUT2D eigenvalue weighted by atomic mass is 9.87. The zero-order chi connectivity index (χ0) is 14.6. The molecule has 1 heterocycles. The highest BCUT2D eigenvalue weighted by atomic mass is 32.2. The molecule has 0 aliphatic carbocycles. The molecule has 3 nitrogen and oxygen atoms in total. The van der Waals surface area contributed by atoms with Gasteiger partial charge in [-0.25, -0.2) is 9.97 Å². The Kier molecular flexibility index (Phi) is 4.65. The van der Waals surface area contributed by atoms with E-state index in [-0.39, 0.29) is 5.41 Å². The third-order valence-corrected chi connectivity index (χ3v) is 3.88. The van der Waals surface area contributed by atoms with E-state index in [9.17, 15) is 0 Å². The van der Waals surface area contributed by atoms with Gasteiger partial charge in [0.05, 0.1) is 0 Å². The van der Waals surface area contributed by atoms with Gasteiger partial charge in [-0.2, -0.15) is 0 Å². The van der Waals surface area contributed by atoms with Crippen molar-refractivity contribution in [3.05, 3.63) is 42.2 Å². The normalized spacial score (nSPS) is 11.4. The first-order chi connectivity index (χ1) is 9.49. The monoisotopic (exact) mass is 287 g/mol. The Balaban J connectivity index is 2.12. The van der Waals surface area contributed by atoms with Crippen molar-refractivity contribution >= 4 is 17.6 Å². The second kappa shape index (κ2) is 6.27. The summed E-state index contributed by atoms with van der Waals surface area (Å²) >= 11 is 1.66. The molecule has 20 heavy (non-hydrogen) atoms. The molecule has 0 unspecified atom stereocenters. The zero-order valence-corrected chi connectivity index (χ0v) is 13.3. The first kappa shape index (κ1) is 14.9. The molecule has 0 amide bonds. The number of rotatable bonds is 4. The molecule has 0 atom stereocenters. The average Bonchev–Trinajstić information content (AvgIpc) is 2.39. The fourth-order valence-electron chi connectivity index (χ4n) is 1.82. The van der Waals surface area contributed by atoms with Crippen LogP contribution in [0.15, 0.2) is 46.6 Å². The first-order valence-corrected chi connectivity index (χ1v) is 7.65. The molecule has 0 saturated heterocycles. The molecule has 0 saturated carbocycles. The minimum atomic E-state index is 0.191. The highest BCUT2D eigenvalue weighted by Gasteiger charge is 2.13. The van der Waals surface area contributed by atoms with Crippen LogP contribution in [0.1, 0.15) is 33.3 Å². The van der Waals surface area contributed by atoms with Gasteiger partial charge in [-0.1, -0.05) is 44.7 Å². The lowest BCUT2D eigenvalue weighted by molar-refractivity contribution is 0.590. The van der Waals surface area contributed by atoms with E-state index in [0.717, 1.165) is 17.4 Å². The van der Waals surface area contributed by atoms with Crippen LogP contribution in [0.4, 0.5) is 5.82 Å². The van der Waals surface area contributed by atoms with Gasteiger partial charge in [0.2, 0.25) is 0 Å². The molecule has 4 heteroatoms. The van der Waals surface area contributed by atoms with E-state index in [4.69, 9.17) is 0 Å². The van der Waals surface area contributed by atoms with Crippen LogP contribution in [-0.4, -0.2) is 16.5 Å². The standard InChI is InChI=1S/C16H21N3S/c1-5-17-14-10-15(19-11-18-14)20-13-8-6-12(7-9-13)16(2,3)4/h6-11H,5H2,1-4H3,(H,17,18,19). The maximum Gasteiger partial charge on any atom is 0.130 e. The summed E-state index contributed by atoms with van der Waals surface area (Å²) in [6, 6.07) is 10.7. The maximum atomic E-state index is 4.30. The summed E-state index contributed by atoms with van der Waals surface area (Å²) in [5.74, 6) is 0.872. The predicted octanol–water partition coefficient (Wildman–Crippen LogP) is 4.36. The summed E-state index contributed by atoms with van der Waals surface area (Å²) in [6.45, 7) is 9.59. The van der Waals surface area contributed by atoms with Crippen LogP contribution in [-0.2, 0) is 5.41 Å². The Morgan fingerprint density at radius 2 is 1.80 bits per heavy atom. The smallest absolute Gasteiger partial charge is 0.130 e. The highest BCUT2D eigenvalue weighted by molar-refractivity contribution is 7.99. The molecule has 2 rings (SSSR count). The van der Waals surface area contributed by atoms with Crippen molar-refractivity contribution in [1.29, 1.82) is 0 Å². The molecule has 1 aromatic heterocycles. The van der Waals surface area contributed by atoms with Gasteiger partial charge in [0.1, 0.15) is 17.2 Å². The fourth-order valence-corrected chi connectivity index (χ4v) is 2.60. The number of benzene rings is 1. The molecule has 0 aliphatic heterocycles. The van der Waals surface area contributed by atoms with Crippen molar-refractivity contribution < 1.29 is 0 Å². The molecule has 106 valence electrons. The Bertz CT molecular complexity index is 559. The largest absolute Gasteiger partial charge is 0.370 e. The van der Waals surface area contributed by atoms with Crippen LogP contribution in [0.5, 0.6) is 0 Å². The van der Waals surface area contributed by atoms with Crippen LogP contribution in [0.2, 0.25) is 0 Å². The molecular formula is C16H21N3S. The molecule has 0 fully saturated rings. The van der Waals surface area contributed by atoms with Gasteiger partial charge in [-0.3, -0.25) is 0 Å². The Morgan fingerprint density at radius 1 is 1.10 bits per heavy atom. The third kappa shape index (κ3) is 3.97. The SMILES string of the molecule is CCNc1cc(Sc2ccc(C(C)(C)C)cc2)ncn1. The molecule has 0 bridgehead atoms. The van der Waals surface area contributed by atoms with E-state index < -0.39 is 0 Å². The summed E-state index contributed by atoms with van der Waals surface area (Å²) in [4.78, 5) is 9.68. The van der Waals surface area contributed by atoms with Gasteiger partial charge < -0.3 is 5.32 Å².